The molecule has 2 aliphatic carbocycles. The van der Waals surface area contributed by atoms with E-state index in [1.54, 1.807) is 12.3 Å². The van der Waals surface area contributed by atoms with Crippen molar-refractivity contribution in [3.05, 3.63) is 72.2 Å². The SMILES string of the molecule is Fc1cc(-c2ccc3c(ccc4[nH]c(C5CC6CC6N5)nc43)c2)ccc1-c1cnc(C2CC3CC3N2)[nH]1. The van der Waals surface area contributed by atoms with Gasteiger partial charge in [0.25, 0.3) is 0 Å². The van der Waals surface area contributed by atoms with Crippen molar-refractivity contribution in [3.63, 3.8) is 0 Å². The molecule has 2 saturated carbocycles. The third-order valence-electron chi connectivity index (χ3n) is 9.09. The summed E-state index contributed by atoms with van der Waals surface area (Å²) in [6.45, 7) is 0. The molecular weight excluding hydrogens is 463 g/mol. The number of halogens is 1. The van der Waals surface area contributed by atoms with Crippen molar-refractivity contribution in [1.29, 1.82) is 0 Å². The molecule has 0 bridgehead atoms. The highest BCUT2D eigenvalue weighted by Gasteiger charge is 2.47. The Morgan fingerprint density at radius 1 is 0.757 bits per heavy atom. The van der Waals surface area contributed by atoms with Crippen LogP contribution in [-0.4, -0.2) is 32.0 Å². The topological polar surface area (TPSA) is 81.4 Å². The lowest BCUT2D eigenvalue weighted by Gasteiger charge is -2.10. The maximum Gasteiger partial charge on any atom is 0.133 e. The Kier molecular flexibility index (Phi) is 4.03. The second-order valence-electron chi connectivity index (χ2n) is 11.5. The summed E-state index contributed by atoms with van der Waals surface area (Å²) >= 11 is 0. The highest BCUT2D eigenvalue weighted by Crippen LogP contribution is 2.46. The standard InChI is InChI=1S/C30H27FN6/c31-21-8-15(2-5-20(21)27-13-32-29(36-27)25-11-17-9-23(17)33-25)14-1-4-19-16(7-14)3-6-22-28(19)37-30(35-22)26-12-18-10-24(18)34-26/h1-8,13,17-18,23-26,33-34H,9-12H2,(H,32,36)(H,35,37). The van der Waals surface area contributed by atoms with Crippen LogP contribution in [0.1, 0.15) is 49.4 Å². The van der Waals surface area contributed by atoms with Crippen molar-refractivity contribution in [2.24, 2.45) is 11.8 Å². The summed E-state index contributed by atoms with van der Waals surface area (Å²) in [6, 6.07) is 18.0. The van der Waals surface area contributed by atoms with Crippen LogP contribution in [0.3, 0.4) is 0 Å². The third kappa shape index (κ3) is 3.23. The van der Waals surface area contributed by atoms with Crippen LogP contribution in [0.5, 0.6) is 0 Å². The molecule has 2 aliphatic heterocycles. The fraction of sp³-hybridized carbons (Fsp3) is 0.333. The monoisotopic (exact) mass is 490 g/mol. The molecule has 0 spiro atoms. The summed E-state index contributed by atoms with van der Waals surface area (Å²) in [6.07, 6.45) is 6.63. The van der Waals surface area contributed by atoms with Crippen LogP contribution in [0.4, 0.5) is 4.39 Å². The summed E-state index contributed by atoms with van der Waals surface area (Å²) in [5, 5.41) is 9.51. The van der Waals surface area contributed by atoms with Gasteiger partial charge in [-0.25, -0.2) is 14.4 Å². The first-order valence-corrected chi connectivity index (χ1v) is 13.5. The van der Waals surface area contributed by atoms with E-state index in [9.17, 15) is 0 Å². The average Bonchev–Trinajstić information content (AvgIpc) is 3.50. The van der Waals surface area contributed by atoms with Crippen molar-refractivity contribution >= 4 is 21.8 Å². The Bertz CT molecular complexity index is 1700. The normalized spacial score (nSPS) is 29.6. The van der Waals surface area contributed by atoms with Gasteiger partial charge in [0, 0.05) is 23.0 Å². The van der Waals surface area contributed by atoms with Crippen molar-refractivity contribution < 1.29 is 4.39 Å². The molecule has 4 aliphatic rings. The van der Waals surface area contributed by atoms with Crippen LogP contribution in [0.25, 0.3) is 44.2 Å². The van der Waals surface area contributed by atoms with E-state index in [2.05, 4.69) is 55.9 Å². The van der Waals surface area contributed by atoms with Gasteiger partial charge in [0.15, 0.2) is 0 Å². The molecule has 184 valence electrons. The fourth-order valence-corrected chi connectivity index (χ4v) is 6.79. The second-order valence-corrected chi connectivity index (χ2v) is 11.5. The summed E-state index contributed by atoms with van der Waals surface area (Å²) in [5.41, 5.74) is 5.20. The molecule has 4 heterocycles. The number of nitrogens with one attached hydrogen (secondary N) is 4. The number of hydrogen-bond acceptors (Lipinski definition) is 4. The quantitative estimate of drug-likeness (QED) is 0.258. The maximum absolute atomic E-state index is 15.3. The van der Waals surface area contributed by atoms with Gasteiger partial charge < -0.3 is 20.6 Å². The largest absolute Gasteiger partial charge is 0.341 e. The van der Waals surface area contributed by atoms with Crippen LogP contribution in [0.15, 0.2) is 54.7 Å². The van der Waals surface area contributed by atoms with E-state index in [0.29, 0.717) is 23.7 Å². The van der Waals surface area contributed by atoms with E-state index in [1.165, 1.54) is 19.3 Å². The van der Waals surface area contributed by atoms with Gasteiger partial charge in [-0.2, -0.15) is 0 Å². The molecule has 9 rings (SSSR count). The van der Waals surface area contributed by atoms with Crippen molar-refractivity contribution in [2.45, 2.75) is 49.9 Å². The number of piperidine rings is 2. The van der Waals surface area contributed by atoms with Gasteiger partial charge in [-0.1, -0.05) is 24.3 Å². The lowest BCUT2D eigenvalue weighted by molar-refractivity contribution is 0.543. The highest BCUT2D eigenvalue weighted by atomic mass is 19.1. The number of H-pyrrole nitrogens is 2. The smallest absolute Gasteiger partial charge is 0.133 e. The van der Waals surface area contributed by atoms with Crippen LogP contribution in [0, 0.1) is 17.7 Å². The Morgan fingerprint density at radius 2 is 1.51 bits per heavy atom. The lowest BCUT2D eigenvalue weighted by atomic mass is 9.99. The number of aromatic amines is 2. The average molecular weight is 491 g/mol. The molecule has 6 unspecified atom stereocenters. The van der Waals surface area contributed by atoms with Crippen LogP contribution >= 0.6 is 0 Å². The molecule has 4 fully saturated rings. The number of imidazole rings is 2. The predicted octanol–water partition coefficient (Wildman–Crippen LogP) is 5.76. The number of aromatic nitrogens is 4. The van der Waals surface area contributed by atoms with E-state index in [0.717, 1.165) is 68.5 Å². The molecular formula is C30H27FN6. The summed E-state index contributed by atoms with van der Waals surface area (Å²) in [4.78, 5) is 16.4. The summed E-state index contributed by atoms with van der Waals surface area (Å²) < 4.78 is 15.3. The van der Waals surface area contributed by atoms with Crippen molar-refractivity contribution in [2.75, 3.05) is 0 Å². The highest BCUT2D eigenvalue weighted by molar-refractivity contribution is 6.05. The Balaban J connectivity index is 1.02. The van der Waals surface area contributed by atoms with Crippen LogP contribution < -0.4 is 10.6 Å². The Labute approximate surface area is 213 Å². The zero-order chi connectivity index (χ0) is 24.2. The molecule has 7 heteroatoms. The molecule has 6 nitrogen and oxygen atoms in total. The van der Waals surface area contributed by atoms with Gasteiger partial charge in [-0.3, -0.25) is 0 Å². The van der Waals surface area contributed by atoms with E-state index < -0.39 is 0 Å². The maximum atomic E-state index is 15.3. The number of rotatable bonds is 4. The van der Waals surface area contributed by atoms with E-state index in [-0.39, 0.29) is 11.9 Å². The molecule has 4 N–H and O–H groups in total. The minimum atomic E-state index is -0.246. The summed E-state index contributed by atoms with van der Waals surface area (Å²) in [5.74, 6) is 3.32. The van der Waals surface area contributed by atoms with Crippen molar-refractivity contribution in [1.82, 2.24) is 30.6 Å². The zero-order valence-corrected chi connectivity index (χ0v) is 20.3. The number of nitrogens with zero attached hydrogens (tertiary/aromatic N) is 2. The number of hydrogen-bond donors (Lipinski definition) is 4. The molecule has 0 amide bonds. The minimum Gasteiger partial charge on any atom is -0.341 e. The first-order valence-electron chi connectivity index (χ1n) is 13.5. The summed E-state index contributed by atoms with van der Waals surface area (Å²) in [7, 11) is 0. The van der Waals surface area contributed by atoms with Crippen LogP contribution in [-0.2, 0) is 0 Å². The van der Waals surface area contributed by atoms with Gasteiger partial charge in [-0.15, -0.1) is 0 Å². The second kappa shape index (κ2) is 7.27. The molecule has 0 radical (unpaired) electrons. The van der Waals surface area contributed by atoms with Gasteiger partial charge in [-0.05, 0) is 78.3 Å². The zero-order valence-electron chi connectivity index (χ0n) is 20.3. The predicted molar refractivity (Wildman–Crippen MR) is 141 cm³/mol. The van der Waals surface area contributed by atoms with Crippen molar-refractivity contribution in [3.8, 4) is 22.4 Å². The Hall–Kier alpha value is -3.55. The van der Waals surface area contributed by atoms with E-state index in [4.69, 9.17) is 4.98 Å². The Morgan fingerprint density at radius 3 is 2.27 bits per heavy atom. The third-order valence-corrected chi connectivity index (χ3v) is 9.09. The molecule has 37 heavy (non-hydrogen) atoms. The molecule has 3 aromatic carbocycles. The van der Waals surface area contributed by atoms with Gasteiger partial charge >= 0.3 is 0 Å². The first kappa shape index (κ1) is 20.5. The van der Waals surface area contributed by atoms with Gasteiger partial charge in [0.2, 0.25) is 0 Å². The van der Waals surface area contributed by atoms with E-state index in [1.807, 2.05) is 12.1 Å². The molecule has 5 aromatic rings. The van der Waals surface area contributed by atoms with Gasteiger partial charge in [0.05, 0.1) is 35.0 Å². The van der Waals surface area contributed by atoms with E-state index >= 15 is 4.39 Å². The number of benzene rings is 3. The fourth-order valence-electron chi connectivity index (χ4n) is 6.79. The first-order chi connectivity index (χ1) is 18.2. The van der Waals surface area contributed by atoms with Crippen LogP contribution in [0.2, 0.25) is 0 Å². The lowest BCUT2D eigenvalue weighted by Crippen LogP contribution is -2.18. The molecule has 2 saturated heterocycles. The number of fused-ring (bicyclic) bond motifs is 5. The van der Waals surface area contributed by atoms with Gasteiger partial charge in [0.1, 0.15) is 17.5 Å². The molecule has 2 aromatic heterocycles. The molecule has 6 atom stereocenters. The minimum absolute atomic E-state index is 0.246.